The molecule has 3 heteroatoms. The van der Waals surface area contributed by atoms with Crippen LogP contribution in [0.25, 0.3) is 0 Å². The van der Waals surface area contributed by atoms with Crippen molar-refractivity contribution in [2.45, 2.75) is 44.9 Å². The molecule has 1 fully saturated rings. The number of carbonyl (C=O) groups is 1. The lowest BCUT2D eigenvalue weighted by Gasteiger charge is -2.17. The molecule has 2 N–H and O–H groups in total. The summed E-state index contributed by atoms with van der Waals surface area (Å²) in [5.41, 5.74) is 7.06. The maximum atomic E-state index is 12.3. The fourth-order valence-electron chi connectivity index (χ4n) is 2.47. The van der Waals surface area contributed by atoms with Gasteiger partial charge in [0.05, 0.1) is 12.0 Å². The molecule has 2 rings (SSSR count). The Hall–Kier alpha value is -1.51. The quantitative estimate of drug-likeness (QED) is 0.631. The number of rotatable bonds is 6. The average molecular weight is 261 g/mol. The van der Waals surface area contributed by atoms with Crippen molar-refractivity contribution >= 4 is 11.7 Å². The molecule has 0 aromatic heterocycles. The molecule has 0 aliphatic heterocycles. The van der Waals surface area contributed by atoms with Crippen molar-refractivity contribution in [1.29, 1.82) is 0 Å². The topological polar surface area (TPSA) is 52.3 Å². The van der Waals surface area contributed by atoms with E-state index in [2.05, 4.69) is 13.8 Å². The van der Waals surface area contributed by atoms with Crippen LogP contribution in [0.3, 0.4) is 0 Å². The molecule has 104 valence electrons. The summed E-state index contributed by atoms with van der Waals surface area (Å²) in [7, 11) is 0. The second-order valence-corrected chi connectivity index (χ2v) is 5.70. The van der Waals surface area contributed by atoms with Crippen molar-refractivity contribution < 1.29 is 9.53 Å². The summed E-state index contributed by atoms with van der Waals surface area (Å²) in [6.07, 6.45) is 4.00. The lowest BCUT2D eigenvalue weighted by atomic mass is 9.96. The summed E-state index contributed by atoms with van der Waals surface area (Å²) in [6, 6.07) is 7.59. The largest absolute Gasteiger partial charge is 0.465 e. The van der Waals surface area contributed by atoms with Gasteiger partial charge in [-0.05, 0) is 42.9 Å². The van der Waals surface area contributed by atoms with Crippen molar-refractivity contribution in [3.05, 3.63) is 29.8 Å². The van der Waals surface area contributed by atoms with Gasteiger partial charge in [-0.3, -0.25) is 4.79 Å². The molecule has 3 nitrogen and oxygen atoms in total. The van der Waals surface area contributed by atoms with Crippen molar-refractivity contribution in [1.82, 2.24) is 0 Å². The molecule has 1 aliphatic carbocycles. The second kappa shape index (κ2) is 5.64. The Labute approximate surface area is 115 Å². The van der Waals surface area contributed by atoms with Crippen LogP contribution in [0.5, 0.6) is 0 Å². The van der Waals surface area contributed by atoms with Crippen molar-refractivity contribution in [2.24, 2.45) is 5.92 Å². The van der Waals surface area contributed by atoms with Gasteiger partial charge in [0, 0.05) is 5.69 Å². The number of carbonyl (C=O) groups excluding carboxylic acids is 1. The first-order valence-corrected chi connectivity index (χ1v) is 7.12. The highest BCUT2D eigenvalue weighted by Gasteiger charge is 2.52. The second-order valence-electron chi connectivity index (χ2n) is 5.70. The predicted octanol–water partition coefficient (Wildman–Crippen LogP) is 3.28. The summed E-state index contributed by atoms with van der Waals surface area (Å²) >= 11 is 0. The Morgan fingerprint density at radius 3 is 2.53 bits per heavy atom. The molecule has 0 heterocycles. The zero-order chi connectivity index (χ0) is 13.9. The van der Waals surface area contributed by atoms with Crippen LogP contribution in [-0.4, -0.2) is 12.6 Å². The molecule has 0 amide bonds. The minimum Gasteiger partial charge on any atom is -0.465 e. The number of ether oxygens (including phenoxy) is 1. The van der Waals surface area contributed by atoms with Gasteiger partial charge < -0.3 is 10.5 Å². The third kappa shape index (κ3) is 3.09. The zero-order valence-corrected chi connectivity index (χ0v) is 11.8. The van der Waals surface area contributed by atoms with Gasteiger partial charge >= 0.3 is 5.97 Å². The van der Waals surface area contributed by atoms with Gasteiger partial charge in [-0.2, -0.15) is 0 Å². The Morgan fingerprint density at radius 2 is 2.00 bits per heavy atom. The third-order valence-corrected chi connectivity index (χ3v) is 3.88. The number of nitrogen functional groups attached to an aromatic ring is 1. The summed E-state index contributed by atoms with van der Waals surface area (Å²) in [4.78, 5) is 12.3. The van der Waals surface area contributed by atoms with E-state index in [0.29, 0.717) is 12.5 Å². The van der Waals surface area contributed by atoms with Crippen LogP contribution >= 0.6 is 0 Å². The van der Waals surface area contributed by atoms with E-state index in [-0.39, 0.29) is 11.4 Å². The molecule has 0 spiro atoms. The van der Waals surface area contributed by atoms with E-state index in [1.807, 2.05) is 24.3 Å². The lowest BCUT2D eigenvalue weighted by Crippen LogP contribution is -2.25. The predicted molar refractivity (Wildman–Crippen MR) is 76.8 cm³/mol. The van der Waals surface area contributed by atoms with Crippen LogP contribution in [-0.2, 0) is 14.9 Å². The minimum absolute atomic E-state index is 0.0692. The van der Waals surface area contributed by atoms with Crippen LogP contribution in [0.1, 0.15) is 45.1 Å². The average Bonchev–Trinajstić information content (AvgIpc) is 3.19. The van der Waals surface area contributed by atoms with Gasteiger partial charge in [-0.15, -0.1) is 0 Å². The summed E-state index contributed by atoms with van der Waals surface area (Å²) in [6.45, 7) is 4.80. The van der Waals surface area contributed by atoms with Crippen LogP contribution in [0, 0.1) is 5.92 Å². The van der Waals surface area contributed by atoms with Gasteiger partial charge in [0.15, 0.2) is 0 Å². The first kappa shape index (κ1) is 13.9. The van der Waals surface area contributed by atoms with E-state index in [4.69, 9.17) is 10.5 Å². The highest BCUT2D eigenvalue weighted by atomic mass is 16.5. The van der Waals surface area contributed by atoms with Crippen molar-refractivity contribution in [3.63, 3.8) is 0 Å². The van der Waals surface area contributed by atoms with Crippen LogP contribution in [0.15, 0.2) is 24.3 Å². The van der Waals surface area contributed by atoms with E-state index < -0.39 is 0 Å². The lowest BCUT2D eigenvalue weighted by molar-refractivity contribution is -0.148. The standard InChI is InChI=1S/C16H23NO2/c1-3-4-12(2)11-19-15(18)16(9-10-16)13-5-7-14(17)8-6-13/h5-8,12H,3-4,9-11,17H2,1-2H3. The Kier molecular flexibility index (Phi) is 4.13. The number of esters is 1. The molecule has 1 aromatic carbocycles. The number of nitrogens with two attached hydrogens (primary N) is 1. The molecule has 1 saturated carbocycles. The molecule has 0 bridgehead atoms. The SMILES string of the molecule is CCCC(C)COC(=O)C1(c2ccc(N)cc2)CC1. The molecule has 0 radical (unpaired) electrons. The number of anilines is 1. The van der Waals surface area contributed by atoms with Gasteiger partial charge in [-0.1, -0.05) is 32.4 Å². The minimum atomic E-state index is -0.389. The van der Waals surface area contributed by atoms with Gasteiger partial charge in [0.1, 0.15) is 0 Å². The molecular formula is C16H23NO2. The highest BCUT2D eigenvalue weighted by molar-refractivity contribution is 5.86. The van der Waals surface area contributed by atoms with E-state index in [0.717, 1.165) is 36.9 Å². The van der Waals surface area contributed by atoms with Gasteiger partial charge in [0.25, 0.3) is 0 Å². The number of benzene rings is 1. The summed E-state index contributed by atoms with van der Waals surface area (Å²) < 4.78 is 5.50. The van der Waals surface area contributed by atoms with Gasteiger partial charge in [0.2, 0.25) is 0 Å². The monoisotopic (exact) mass is 261 g/mol. The smallest absolute Gasteiger partial charge is 0.316 e. The molecule has 1 aliphatic rings. The van der Waals surface area contributed by atoms with E-state index in [1.165, 1.54) is 0 Å². The third-order valence-electron chi connectivity index (χ3n) is 3.88. The van der Waals surface area contributed by atoms with Crippen LogP contribution in [0.4, 0.5) is 5.69 Å². The van der Waals surface area contributed by atoms with E-state index >= 15 is 0 Å². The highest BCUT2D eigenvalue weighted by Crippen LogP contribution is 2.49. The maximum Gasteiger partial charge on any atom is 0.316 e. The van der Waals surface area contributed by atoms with E-state index in [9.17, 15) is 4.79 Å². The Bertz CT molecular complexity index is 435. The normalized spacial score (nSPS) is 17.8. The number of hydrogen-bond donors (Lipinski definition) is 1. The molecule has 1 unspecified atom stereocenters. The van der Waals surface area contributed by atoms with E-state index in [1.54, 1.807) is 0 Å². The van der Waals surface area contributed by atoms with Gasteiger partial charge in [-0.25, -0.2) is 0 Å². The Morgan fingerprint density at radius 1 is 1.37 bits per heavy atom. The first-order chi connectivity index (χ1) is 9.08. The molecule has 1 atom stereocenters. The fourth-order valence-corrected chi connectivity index (χ4v) is 2.47. The zero-order valence-electron chi connectivity index (χ0n) is 11.8. The maximum absolute atomic E-state index is 12.3. The van der Waals surface area contributed by atoms with Crippen molar-refractivity contribution in [2.75, 3.05) is 12.3 Å². The van der Waals surface area contributed by atoms with Crippen LogP contribution in [0.2, 0.25) is 0 Å². The van der Waals surface area contributed by atoms with Crippen molar-refractivity contribution in [3.8, 4) is 0 Å². The summed E-state index contributed by atoms with van der Waals surface area (Å²) in [5, 5.41) is 0. The molecule has 1 aromatic rings. The molecule has 0 saturated heterocycles. The molecular weight excluding hydrogens is 238 g/mol. The molecule has 19 heavy (non-hydrogen) atoms. The first-order valence-electron chi connectivity index (χ1n) is 7.12. The summed E-state index contributed by atoms with van der Waals surface area (Å²) in [5.74, 6) is 0.372. The Balaban J connectivity index is 1.96. The van der Waals surface area contributed by atoms with Crippen LogP contribution < -0.4 is 5.73 Å². The number of hydrogen-bond acceptors (Lipinski definition) is 3. The fraction of sp³-hybridized carbons (Fsp3) is 0.562.